The van der Waals surface area contributed by atoms with Gasteiger partial charge in [-0.1, -0.05) is 30.3 Å². The third-order valence-corrected chi connectivity index (χ3v) is 3.54. The predicted octanol–water partition coefficient (Wildman–Crippen LogP) is 1.09. The van der Waals surface area contributed by atoms with Crippen LogP contribution in [0.1, 0.15) is 5.56 Å². The van der Waals surface area contributed by atoms with E-state index >= 15 is 0 Å². The number of hydrogen-bond acceptors (Lipinski definition) is 4. The molecule has 1 unspecified atom stereocenters. The van der Waals surface area contributed by atoms with Crippen molar-refractivity contribution in [3.63, 3.8) is 0 Å². The third kappa shape index (κ3) is 1.68. The van der Waals surface area contributed by atoms with Crippen LogP contribution in [0.25, 0.3) is 0 Å². The van der Waals surface area contributed by atoms with E-state index in [1.165, 1.54) is 5.56 Å². The van der Waals surface area contributed by atoms with E-state index in [-0.39, 0.29) is 30.7 Å². The smallest absolute Gasteiger partial charge is 0.187 e. The van der Waals surface area contributed by atoms with E-state index in [9.17, 15) is 0 Å². The van der Waals surface area contributed by atoms with Gasteiger partial charge in [0.1, 0.15) is 24.4 Å². The molecule has 4 rings (SSSR count). The molecule has 3 aliphatic rings. The zero-order valence-electron chi connectivity index (χ0n) is 9.32. The van der Waals surface area contributed by atoms with Crippen LogP contribution in [-0.4, -0.2) is 37.3 Å². The zero-order chi connectivity index (χ0) is 11.2. The van der Waals surface area contributed by atoms with Gasteiger partial charge in [-0.3, -0.25) is 0 Å². The highest BCUT2D eigenvalue weighted by molar-refractivity contribution is 5.14. The van der Waals surface area contributed by atoms with Crippen LogP contribution in [0.15, 0.2) is 30.3 Å². The van der Waals surface area contributed by atoms with Crippen molar-refractivity contribution in [2.45, 2.75) is 37.3 Å². The summed E-state index contributed by atoms with van der Waals surface area (Å²) < 4.78 is 22.6. The molecule has 0 radical (unpaired) electrons. The standard InChI is InChI=1S/C13H14O4/c1-2-4-8(5-3-1)6-14-10-9-7-15-13(16-9)12-11(10)17-12/h1-5,9-13H,6-7H2/t9-,10?,11-,12-,13-/m0/s1. The molecule has 3 saturated heterocycles. The van der Waals surface area contributed by atoms with Gasteiger partial charge in [-0.25, -0.2) is 0 Å². The van der Waals surface area contributed by atoms with E-state index in [2.05, 4.69) is 12.1 Å². The molecule has 4 heteroatoms. The van der Waals surface area contributed by atoms with Crippen molar-refractivity contribution >= 4 is 0 Å². The maximum atomic E-state index is 5.92. The summed E-state index contributed by atoms with van der Waals surface area (Å²) in [4.78, 5) is 0. The van der Waals surface area contributed by atoms with Gasteiger partial charge < -0.3 is 18.9 Å². The van der Waals surface area contributed by atoms with Gasteiger partial charge in [0.2, 0.25) is 0 Å². The Kier molecular flexibility index (Phi) is 2.23. The van der Waals surface area contributed by atoms with Gasteiger partial charge in [0.25, 0.3) is 0 Å². The van der Waals surface area contributed by atoms with Crippen LogP contribution < -0.4 is 0 Å². The van der Waals surface area contributed by atoms with E-state index in [0.717, 1.165) is 0 Å². The van der Waals surface area contributed by atoms with Gasteiger partial charge in [0.15, 0.2) is 6.29 Å². The summed E-state index contributed by atoms with van der Waals surface area (Å²) in [5.41, 5.74) is 1.17. The molecule has 1 aromatic rings. The fourth-order valence-electron chi connectivity index (χ4n) is 2.58. The Morgan fingerprint density at radius 3 is 2.88 bits per heavy atom. The van der Waals surface area contributed by atoms with E-state index in [1.807, 2.05) is 18.2 Å². The molecule has 0 aliphatic carbocycles. The highest BCUT2D eigenvalue weighted by atomic mass is 16.8. The van der Waals surface area contributed by atoms with E-state index in [1.54, 1.807) is 0 Å². The lowest BCUT2D eigenvalue weighted by Crippen LogP contribution is -2.41. The Morgan fingerprint density at radius 2 is 2.00 bits per heavy atom. The molecule has 1 aromatic carbocycles. The first kappa shape index (κ1) is 10.0. The molecule has 3 heterocycles. The van der Waals surface area contributed by atoms with Crippen LogP contribution in [-0.2, 0) is 25.6 Å². The van der Waals surface area contributed by atoms with Crippen LogP contribution in [0.3, 0.4) is 0 Å². The Bertz CT molecular complexity index is 407. The molecule has 0 spiro atoms. The Labute approximate surface area is 99.4 Å². The summed E-state index contributed by atoms with van der Waals surface area (Å²) in [5.74, 6) is 0. The zero-order valence-corrected chi connectivity index (χ0v) is 9.32. The Hall–Kier alpha value is -0.940. The van der Waals surface area contributed by atoms with Crippen LogP contribution >= 0.6 is 0 Å². The monoisotopic (exact) mass is 234 g/mol. The number of fused-ring (bicyclic) bond motifs is 4. The second-order valence-corrected chi connectivity index (χ2v) is 4.70. The van der Waals surface area contributed by atoms with Crippen molar-refractivity contribution in [2.24, 2.45) is 0 Å². The quantitative estimate of drug-likeness (QED) is 0.734. The second kappa shape index (κ2) is 3.78. The highest BCUT2D eigenvalue weighted by Crippen LogP contribution is 2.43. The van der Waals surface area contributed by atoms with Crippen molar-refractivity contribution in [3.8, 4) is 0 Å². The maximum absolute atomic E-state index is 5.92. The molecular formula is C13H14O4. The summed E-state index contributed by atoms with van der Waals surface area (Å²) in [6.45, 7) is 1.23. The van der Waals surface area contributed by atoms with E-state index in [0.29, 0.717) is 13.2 Å². The van der Waals surface area contributed by atoms with Gasteiger partial charge in [-0.05, 0) is 5.56 Å². The molecule has 0 amide bonds. The van der Waals surface area contributed by atoms with E-state index in [4.69, 9.17) is 18.9 Å². The molecule has 2 bridgehead atoms. The van der Waals surface area contributed by atoms with Crippen molar-refractivity contribution in [1.82, 2.24) is 0 Å². The summed E-state index contributed by atoms with van der Waals surface area (Å²) in [5, 5.41) is 0. The van der Waals surface area contributed by atoms with Crippen molar-refractivity contribution < 1.29 is 18.9 Å². The molecule has 0 aromatic heterocycles. The van der Waals surface area contributed by atoms with Crippen LogP contribution in [0.4, 0.5) is 0 Å². The fraction of sp³-hybridized carbons (Fsp3) is 0.538. The van der Waals surface area contributed by atoms with Gasteiger partial charge in [0.05, 0.1) is 13.2 Å². The van der Waals surface area contributed by atoms with Crippen molar-refractivity contribution in [2.75, 3.05) is 6.61 Å². The predicted molar refractivity (Wildman–Crippen MR) is 58.3 cm³/mol. The minimum absolute atomic E-state index is 0.0129. The summed E-state index contributed by atoms with van der Waals surface area (Å²) in [7, 11) is 0. The first-order valence-corrected chi connectivity index (χ1v) is 6.00. The molecule has 17 heavy (non-hydrogen) atoms. The third-order valence-electron chi connectivity index (χ3n) is 3.54. The van der Waals surface area contributed by atoms with Crippen LogP contribution in [0.5, 0.6) is 0 Å². The number of hydrogen-bond donors (Lipinski definition) is 0. The first-order valence-electron chi connectivity index (χ1n) is 6.00. The SMILES string of the molecule is c1ccc(COC2[C@@H]3CO[C@@H](O3)[C@H]3O[C@@H]23)cc1. The van der Waals surface area contributed by atoms with Crippen LogP contribution in [0.2, 0.25) is 0 Å². The molecule has 3 aliphatic heterocycles. The summed E-state index contributed by atoms with van der Waals surface area (Å²) >= 11 is 0. The Balaban J connectivity index is 1.43. The normalized spacial score (nSPS) is 42.2. The van der Waals surface area contributed by atoms with Gasteiger partial charge in [0, 0.05) is 0 Å². The molecular weight excluding hydrogens is 220 g/mol. The van der Waals surface area contributed by atoms with Gasteiger partial charge >= 0.3 is 0 Å². The average Bonchev–Trinajstić information content (AvgIpc) is 3.05. The lowest BCUT2D eigenvalue weighted by atomic mass is 10.1. The number of benzene rings is 1. The number of epoxide rings is 1. The van der Waals surface area contributed by atoms with Crippen LogP contribution in [0, 0.1) is 0 Å². The van der Waals surface area contributed by atoms with Gasteiger partial charge in [-0.15, -0.1) is 0 Å². The van der Waals surface area contributed by atoms with Crippen molar-refractivity contribution in [3.05, 3.63) is 35.9 Å². The minimum Gasteiger partial charge on any atom is -0.368 e. The number of rotatable bonds is 3. The lowest BCUT2D eigenvalue weighted by molar-refractivity contribution is -0.121. The molecule has 90 valence electrons. The molecule has 0 saturated carbocycles. The fourth-order valence-corrected chi connectivity index (χ4v) is 2.58. The molecule has 0 N–H and O–H groups in total. The summed E-state index contributed by atoms with van der Waals surface area (Å²) in [6.07, 6.45) is 0.160. The molecule has 3 fully saturated rings. The average molecular weight is 234 g/mol. The summed E-state index contributed by atoms with van der Waals surface area (Å²) in [6, 6.07) is 10.1. The lowest BCUT2D eigenvalue weighted by Gasteiger charge is -2.24. The largest absolute Gasteiger partial charge is 0.368 e. The first-order chi connectivity index (χ1) is 8.42. The maximum Gasteiger partial charge on any atom is 0.187 e. The second-order valence-electron chi connectivity index (χ2n) is 4.70. The number of ether oxygens (including phenoxy) is 4. The highest BCUT2D eigenvalue weighted by Gasteiger charge is 2.62. The van der Waals surface area contributed by atoms with E-state index < -0.39 is 0 Å². The topological polar surface area (TPSA) is 40.2 Å². The Morgan fingerprint density at radius 1 is 1.12 bits per heavy atom. The van der Waals surface area contributed by atoms with Crippen molar-refractivity contribution in [1.29, 1.82) is 0 Å². The molecule has 5 atom stereocenters. The minimum atomic E-state index is -0.151. The molecule has 4 nitrogen and oxygen atoms in total. The van der Waals surface area contributed by atoms with Gasteiger partial charge in [-0.2, -0.15) is 0 Å².